The Morgan fingerprint density at radius 2 is 1.71 bits per heavy atom. The molecule has 1 N–H and O–H groups in total. The smallest absolute Gasteiger partial charge is 0.0707 e. The number of nitrogens with zero attached hydrogens (tertiary/aromatic N) is 1. The van der Waals surface area contributed by atoms with Crippen LogP contribution in [0.25, 0.3) is 0 Å². The number of ether oxygens (including phenoxy) is 1. The molecule has 3 rings (SSSR count). The number of morpholine rings is 1. The fraction of sp³-hybridized carbons (Fsp3) is 1.00. The largest absolute Gasteiger partial charge is 0.372 e. The van der Waals surface area contributed by atoms with Crippen LogP contribution in [0.4, 0.5) is 0 Å². The van der Waals surface area contributed by atoms with E-state index in [1.165, 1.54) is 71.1 Å². The third-order valence-corrected chi connectivity index (χ3v) is 4.51. The van der Waals surface area contributed by atoms with Crippen molar-refractivity contribution in [2.75, 3.05) is 26.2 Å². The maximum Gasteiger partial charge on any atom is 0.0707 e. The van der Waals surface area contributed by atoms with Gasteiger partial charge in [-0.15, -0.1) is 0 Å². The standard InChI is InChI=1S/C14H26N2O/c1-2-4-8-15-12(5-3-1)9-16-10-13-6-7-14(11-16)17-13/h12-15H,1-11H2. The van der Waals surface area contributed by atoms with E-state index in [0.29, 0.717) is 12.2 Å². The normalized spacial score (nSPS) is 39.9. The van der Waals surface area contributed by atoms with Crippen LogP contribution in [0, 0.1) is 0 Å². The van der Waals surface area contributed by atoms with Crippen molar-refractivity contribution in [2.24, 2.45) is 0 Å². The maximum atomic E-state index is 5.90. The van der Waals surface area contributed by atoms with Gasteiger partial charge in [0.25, 0.3) is 0 Å². The third kappa shape index (κ3) is 3.21. The fourth-order valence-electron chi connectivity index (χ4n) is 3.59. The summed E-state index contributed by atoms with van der Waals surface area (Å²) in [6, 6.07) is 0.729. The first-order valence-corrected chi connectivity index (χ1v) is 7.51. The van der Waals surface area contributed by atoms with Crippen molar-refractivity contribution in [1.82, 2.24) is 10.2 Å². The van der Waals surface area contributed by atoms with Gasteiger partial charge in [-0.2, -0.15) is 0 Å². The molecule has 0 aromatic carbocycles. The first kappa shape index (κ1) is 11.9. The highest BCUT2D eigenvalue weighted by molar-refractivity contribution is 4.87. The number of nitrogens with one attached hydrogen (secondary N) is 1. The summed E-state index contributed by atoms with van der Waals surface area (Å²) in [5.74, 6) is 0. The highest BCUT2D eigenvalue weighted by atomic mass is 16.5. The highest BCUT2D eigenvalue weighted by Crippen LogP contribution is 2.26. The summed E-state index contributed by atoms with van der Waals surface area (Å²) < 4.78 is 5.90. The number of rotatable bonds is 2. The molecule has 98 valence electrons. The van der Waals surface area contributed by atoms with Crippen molar-refractivity contribution in [1.29, 1.82) is 0 Å². The summed E-state index contributed by atoms with van der Waals surface area (Å²) >= 11 is 0. The lowest BCUT2D eigenvalue weighted by atomic mass is 10.0. The molecule has 3 unspecified atom stereocenters. The average Bonchev–Trinajstić information content (AvgIpc) is 2.62. The Hall–Kier alpha value is -0.120. The zero-order chi connectivity index (χ0) is 11.5. The Morgan fingerprint density at radius 1 is 0.941 bits per heavy atom. The Labute approximate surface area is 105 Å². The van der Waals surface area contributed by atoms with E-state index in [2.05, 4.69) is 10.2 Å². The monoisotopic (exact) mass is 238 g/mol. The number of hydrogen-bond donors (Lipinski definition) is 1. The van der Waals surface area contributed by atoms with Crippen molar-refractivity contribution < 1.29 is 4.74 Å². The molecular weight excluding hydrogens is 212 g/mol. The van der Waals surface area contributed by atoms with Gasteiger partial charge in [-0.1, -0.05) is 19.3 Å². The molecule has 3 saturated heterocycles. The molecule has 0 aromatic rings. The van der Waals surface area contributed by atoms with Crippen molar-refractivity contribution in [3.8, 4) is 0 Å². The molecular formula is C14H26N2O. The van der Waals surface area contributed by atoms with Crippen LogP contribution in [0.5, 0.6) is 0 Å². The van der Waals surface area contributed by atoms with Gasteiger partial charge >= 0.3 is 0 Å². The van der Waals surface area contributed by atoms with E-state index in [1.54, 1.807) is 0 Å². The van der Waals surface area contributed by atoms with Gasteiger partial charge in [0.2, 0.25) is 0 Å². The number of fused-ring (bicyclic) bond motifs is 2. The molecule has 0 aliphatic carbocycles. The number of hydrogen-bond acceptors (Lipinski definition) is 3. The molecule has 0 saturated carbocycles. The summed E-state index contributed by atoms with van der Waals surface area (Å²) in [7, 11) is 0. The Bertz CT molecular complexity index is 226. The molecule has 0 amide bonds. The zero-order valence-corrected chi connectivity index (χ0v) is 10.9. The summed E-state index contributed by atoms with van der Waals surface area (Å²) in [5.41, 5.74) is 0. The molecule has 2 bridgehead atoms. The molecule has 17 heavy (non-hydrogen) atoms. The lowest BCUT2D eigenvalue weighted by Gasteiger charge is -2.35. The SMILES string of the molecule is C1CCCC(CN2CC3CCC(C2)O3)NCC1. The second kappa shape index (κ2) is 5.68. The molecule has 3 heteroatoms. The topological polar surface area (TPSA) is 24.5 Å². The van der Waals surface area contributed by atoms with Gasteiger partial charge in [-0.05, 0) is 32.2 Å². The molecule has 3 atom stereocenters. The molecule has 3 heterocycles. The van der Waals surface area contributed by atoms with E-state index in [0.717, 1.165) is 6.04 Å². The number of likely N-dealkylation sites (tertiary alicyclic amines) is 1. The van der Waals surface area contributed by atoms with Gasteiger partial charge in [-0.25, -0.2) is 0 Å². The Balaban J connectivity index is 1.48. The van der Waals surface area contributed by atoms with Gasteiger partial charge in [0.05, 0.1) is 12.2 Å². The van der Waals surface area contributed by atoms with Crippen molar-refractivity contribution >= 4 is 0 Å². The van der Waals surface area contributed by atoms with Crippen LogP contribution >= 0.6 is 0 Å². The second-order valence-electron chi connectivity index (χ2n) is 6.03. The van der Waals surface area contributed by atoms with Gasteiger partial charge < -0.3 is 10.1 Å². The fourth-order valence-corrected chi connectivity index (χ4v) is 3.59. The molecule has 0 radical (unpaired) electrons. The first-order valence-electron chi connectivity index (χ1n) is 7.51. The van der Waals surface area contributed by atoms with E-state index in [-0.39, 0.29) is 0 Å². The Morgan fingerprint density at radius 3 is 2.53 bits per heavy atom. The molecule has 3 fully saturated rings. The van der Waals surface area contributed by atoms with Crippen molar-refractivity contribution in [3.05, 3.63) is 0 Å². The van der Waals surface area contributed by atoms with E-state index in [4.69, 9.17) is 4.74 Å². The van der Waals surface area contributed by atoms with Gasteiger partial charge in [0, 0.05) is 25.7 Å². The molecule has 3 aliphatic heterocycles. The summed E-state index contributed by atoms with van der Waals surface area (Å²) in [6.45, 7) is 4.82. The molecule has 0 aromatic heterocycles. The predicted octanol–water partition coefficient (Wildman–Crippen LogP) is 1.77. The van der Waals surface area contributed by atoms with Gasteiger partial charge in [-0.3, -0.25) is 4.90 Å². The highest BCUT2D eigenvalue weighted by Gasteiger charge is 2.34. The van der Waals surface area contributed by atoms with Gasteiger partial charge in [0.1, 0.15) is 0 Å². The van der Waals surface area contributed by atoms with E-state index in [9.17, 15) is 0 Å². The van der Waals surface area contributed by atoms with E-state index in [1.807, 2.05) is 0 Å². The Kier molecular flexibility index (Phi) is 3.99. The van der Waals surface area contributed by atoms with Crippen LogP contribution in [0.3, 0.4) is 0 Å². The minimum atomic E-state index is 0.544. The lowest BCUT2D eigenvalue weighted by molar-refractivity contribution is -0.0409. The summed E-state index contributed by atoms with van der Waals surface area (Å²) in [6.07, 6.45) is 10.7. The van der Waals surface area contributed by atoms with Crippen LogP contribution < -0.4 is 5.32 Å². The van der Waals surface area contributed by atoms with Gasteiger partial charge in [0.15, 0.2) is 0 Å². The molecule has 3 nitrogen and oxygen atoms in total. The third-order valence-electron chi connectivity index (χ3n) is 4.51. The minimum Gasteiger partial charge on any atom is -0.372 e. The molecule has 3 aliphatic rings. The van der Waals surface area contributed by atoms with Crippen LogP contribution in [0.2, 0.25) is 0 Å². The van der Waals surface area contributed by atoms with E-state index >= 15 is 0 Å². The lowest BCUT2D eigenvalue weighted by Crippen LogP contribution is -2.49. The zero-order valence-electron chi connectivity index (χ0n) is 10.9. The van der Waals surface area contributed by atoms with Crippen LogP contribution in [-0.2, 0) is 4.74 Å². The van der Waals surface area contributed by atoms with Crippen molar-refractivity contribution in [2.45, 2.75) is 63.2 Å². The summed E-state index contributed by atoms with van der Waals surface area (Å²) in [4.78, 5) is 2.64. The van der Waals surface area contributed by atoms with Crippen LogP contribution in [-0.4, -0.2) is 49.3 Å². The predicted molar refractivity (Wildman–Crippen MR) is 69.2 cm³/mol. The van der Waals surface area contributed by atoms with Crippen LogP contribution in [0.1, 0.15) is 44.9 Å². The maximum absolute atomic E-state index is 5.90. The first-order chi connectivity index (χ1) is 8.40. The molecule has 0 spiro atoms. The minimum absolute atomic E-state index is 0.544. The van der Waals surface area contributed by atoms with E-state index < -0.39 is 0 Å². The quantitative estimate of drug-likeness (QED) is 0.793. The van der Waals surface area contributed by atoms with Crippen molar-refractivity contribution in [3.63, 3.8) is 0 Å². The second-order valence-corrected chi connectivity index (χ2v) is 6.03. The average molecular weight is 238 g/mol. The van der Waals surface area contributed by atoms with Crippen LogP contribution in [0.15, 0.2) is 0 Å². The summed E-state index contributed by atoms with van der Waals surface area (Å²) in [5, 5.41) is 3.74.